The van der Waals surface area contributed by atoms with Crippen molar-refractivity contribution in [2.24, 2.45) is 11.3 Å². The van der Waals surface area contributed by atoms with Crippen LogP contribution in [-0.4, -0.2) is 34.6 Å². The molecular weight excluding hydrogens is 266 g/mol. The van der Waals surface area contributed by atoms with Crippen molar-refractivity contribution in [3.8, 4) is 0 Å². The summed E-state index contributed by atoms with van der Waals surface area (Å²) in [6, 6.07) is 0. The zero-order chi connectivity index (χ0) is 15.3. The summed E-state index contributed by atoms with van der Waals surface area (Å²) in [5, 5.41) is 3.27. The van der Waals surface area contributed by atoms with Gasteiger partial charge in [-0.1, -0.05) is 20.8 Å². The first-order chi connectivity index (χ1) is 9.98. The van der Waals surface area contributed by atoms with Crippen LogP contribution in [0.15, 0.2) is 0 Å². The molecule has 2 rings (SSSR count). The smallest absolute Gasteiger partial charge is 0.243 e. The van der Waals surface area contributed by atoms with E-state index in [0.29, 0.717) is 17.8 Å². The SMILES string of the molecule is CC(C)(C)CCNc1nc(NN)nc(N2CCCCC2)n1. The first kappa shape index (κ1) is 15.8. The van der Waals surface area contributed by atoms with Gasteiger partial charge in [-0.05, 0) is 31.1 Å². The third-order valence-corrected chi connectivity index (χ3v) is 3.55. The molecule has 0 atom stereocenters. The van der Waals surface area contributed by atoms with Crippen molar-refractivity contribution < 1.29 is 0 Å². The summed E-state index contributed by atoms with van der Waals surface area (Å²) < 4.78 is 0. The summed E-state index contributed by atoms with van der Waals surface area (Å²) in [6.07, 6.45) is 4.69. The minimum atomic E-state index is 0.282. The van der Waals surface area contributed by atoms with E-state index in [2.05, 4.69) is 51.4 Å². The highest BCUT2D eigenvalue weighted by Gasteiger charge is 2.16. The average molecular weight is 293 g/mol. The van der Waals surface area contributed by atoms with Crippen molar-refractivity contribution in [1.82, 2.24) is 15.0 Å². The Morgan fingerprint density at radius 3 is 2.33 bits per heavy atom. The predicted molar refractivity (Wildman–Crippen MR) is 86.3 cm³/mol. The van der Waals surface area contributed by atoms with Gasteiger partial charge in [0.2, 0.25) is 17.8 Å². The van der Waals surface area contributed by atoms with Crippen molar-refractivity contribution >= 4 is 17.8 Å². The Morgan fingerprint density at radius 2 is 1.71 bits per heavy atom. The fraction of sp³-hybridized carbons (Fsp3) is 0.786. The molecule has 7 heteroatoms. The normalized spacial score (nSPS) is 15.9. The monoisotopic (exact) mass is 293 g/mol. The number of hydrazine groups is 1. The van der Waals surface area contributed by atoms with E-state index >= 15 is 0 Å². The largest absolute Gasteiger partial charge is 0.354 e. The van der Waals surface area contributed by atoms with E-state index in [1.807, 2.05) is 0 Å². The number of nitrogens with two attached hydrogens (primary N) is 1. The standard InChI is InChI=1S/C14H27N7/c1-14(2,3)7-8-16-11-17-12(20-15)19-13(18-11)21-9-5-4-6-10-21/h4-10,15H2,1-3H3,(H2,16,17,18,19,20). The van der Waals surface area contributed by atoms with Crippen LogP contribution in [0, 0.1) is 5.41 Å². The third-order valence-electron chi connectivity index (χ3n) is 3.55. The van der Waals surface area contributed by atoms with E-state index in [0.717, 1.165) is 26.1 Å². The van der Waals surface area contributed by atoms with Crippen LogP contribution in [0.4, 0.5) is 17.8 Å². The molecule has 7 nitrogen and oxygen atoms in total. The van der Waals surface area contributed by atoms with E-state index in [4.69, 9.17) is 5.84 Å². The second-order valence-corrected chi connectivity index (χ2v) is 6.71. The Hall–Kier alpha value is -1.63. The molecule has 118 valence electrons. The molecule has 0 amide bonds. The van der Waals surface area contributed by atoms with Crippen LogP contribution in [0.3, 0.4) is 0 Å². The molecule has 1 saturated heterocycles. The number of hydrogen-bond acceptors (Lipinski definition) is 7. The Balaban J connectivity index is 2.06. The van der Waals surface area contributed by atoms with Crippen molar-refractivity contribution in [2.45, 2.75) is 46.5 Å². The molecule has 1 fully saturated rings. The van der Waals surface area contributed by atoms with Gasteiger partial charge in [-0.3, -0.25) is 5.43 Å². The van der Waals surface area contributed by atoms with Gasteiger partial charge in [0.1, 0.15) is 0 Å². The lowest BCUT2D eigenvalue weighted by atomic mass is 9.92. The molecule has 0 spiro atoms. The Labute approximate surface area is 126 Å². The molecule has 0 aromatic carbocycles. The minimum Gasteiger partial charge on any atom is -0.354 e. The van der Waals surface area contributed by atoms with Crippen molar-refractivity contribution in [2.75, 3.05) is 35.3 Å². The second kappa shape index (κ2) is 6.89. The first-order valence-electron chi connectivity index (χ1n) is 7.69. The lowest BCUT2D eigenvalue weighted by molar-refractivity contribution is 0.389. The predicted octanol–water partition coefficient (Wildman–Crippen LogP) is 2.00. The van der Waals surface area contributed by atoms with Gasteiger partial charge >= 0.3 is 0 Å². The van der Waals surface area contributed by atoms with Crippen LogP contribution in [0.1, 0.15) is 46.5 Å². The molecule has 2 heterocycles. The van der Waals surface area contributed by atoms with Gasteiger partial charge in [0.25, 0.3) is 0 Å². The number of nitrogen functional groups attached to an aromatic ring is 1. The third kappa shape index (κ3) is 5.00. The summed E-state index contributed by atoms with van der Waals surface area (Å²) in [6.45, 7) is 9.47. The quantitative estimate of drug-likeness (QED) is 0.565. The first-order valence-corrected chi connectivity index (χ1v) is 7.69. The molecule has 0 radical (unpaired) electrons. The van der Waals surface area contributed by atoms with Gasteiger partial charge in [-0.15, -0.1) is 0 Å². The number of anilines is 3. The lowest BCUT2D eigenvalue weighted by Gasteiger charge is -2.27. The van der Waals surface area contributed by atoms with Crippen molar-refractivity contribution in [3.63, 3.8) is 0 Å². The molecule has 0 saturated carbocycles. The highest BCUT2D eigenvalue weighted by Crippen LogP contribution is 2.20. The Kier molecular flexibility index (Phi) is 5.17. The molecule has 1 aliphatic heterocycles. The van der Waals surface area contributed by atoms with Gasteiger partial charge in [-0.2, -0.15) is 15.0 Å². The summed E-state index contributed by atoms with van der Waals surface area (Å²) in [4.78, 5) is 15.3. The highest BCUT2D eigenvalue weighted by atomic mass is 15.4. The number of hydrogen-bond donors (Lipinski definition) is 3. The van der Waals surface area contributed by atoms with Crippen LogP contribution in [0.25, 0.3) is 0 Å². The van der Waals surface area contributed by atoms with Crippen LogP contribution in [-0.2, 0) is 0 Å². The van der Waals surface area contributed by atoms with Crippen molar-refractivity contribution in [1.29, 1.82) is 0 Å². The molecule has 1 aromatic heterocycles. The highest BCUT2D eigenvalue weighted by molar-refractivity contribution is 5.43. The molecule has 0 bridgehead atoms. The van der Waals surface area contributed by atoms with Gasteiger partial charge in [0.15, 0.2) is 0 Å². The number of nitrogens with one attached hydrogen (secondary N) is 2. The minimum absolute atomic E-state index is 0.282. The maximum Gasteiger partial charge on any atom is 0.243 e. The van der Waals surface area contributed by atoms with Crippen molar-refractivity contribution in [3.05, 3.63) is 0 Å². The van der Waals surface area contributed by atoms with E-state index < -0.39 is 0 Å². The fourth-order valence-electron chi connectivity index (χ4n) is 2.29. The molecule has 4 N–H and O–H groups in total. The van der Waals surface area contributed by atoms with Gasteiger partial charge in [-0.25, -0.2) is 5.84 Å². The van der Waals surface area contributed by atoms with Crippen LogP contribution in [0.5, 0.6) is 0 Å². The number of piperidine rings is 1. The van der Waals surface area contributed by atoms with E-state index in [9.17, 15) is 0 Å². The molecule has 0 aliphatic carbocycles. The zero-order valence-corrected chi connectivity index (χ0v) is 13.3. The van der Waals surface area contributed by atoms with Crippen LogP contribution < -0.4 is 21.5 Å². The van der Waals surface area contributed by atoms with E-state index in [1.54, 1.807) is 0 Å². The maximum absolute atomic E-state index is 5.47. The fourth-order valence-corrected chi connectivity index (χ4v) is 2.29. The molecule has 1 aromatic rings. The molecule has 1 aliphatic rings. The summed E-state index contributed by atoms with van der Waals surface area (Å²) in [5.74, 6) is 7.16. The molecule has 21 heavy (non-hydrogen) atoms. The van der Waals surface area contributed by atoms with E-state index in [-0.39, 0.29) is 5.41 Å². The zero-order valence-electron chi connectivity index (χ0n) is 13.3. The van der Waals surface area contributed by atoms with Gasteiger partial charge < -0.3 is 10.2 Å². The second-order valence-electron chi connectivity index (χ2n) is 6.71. The van der Waals surface area contributed by atoms with Gasteiger partial charge in [0, 0.05) is 19.6 Å². The van der Waals surface area contributed by atoms with Crippen LogP contribution >= 0.6 is 0 Å². The maximum atomic E-state index is 5.47. The number of aromatic nitrogens is 3. The summed E-state index contributed by atoms with van der Waals surface area (Å²) in [5.41, 5.74) is 2.81. The average Bonchev–Trinajstić information content (AvgIpc) is 2.46. The Bertz CT molecular complexity index is 449. The molecule has 0 unspecified atom stereocenters. The topological polar surface area (TPSA) is 92.0 Å². The molecular formula is C14H27N7. The number of nitrogens with zero attached hydrogens (tertiary/aromatic N) is 4. The lowest BCUT2D eigenvalue weighted by Crippen LogP contribution is -2.32. The summed E-state index contributed by atoms with van der Waals surface area (Å²) in [7, 11) is 0. The Morgan fingerprint density at radius 1 is 1.05 bits per heavy atom. The van der Waals surface area contributed by atoms with E-state index in [1.165, 1.54) is 19.3 Å². The van der Waals surface area contributed by atoms with Crippen LogP contribution in [0.2, 0.25) is 0 Å². The summed E-state index contributed by atoms with van der Waals surface area (Å²) >= 11 is 0. The van der Waals surface area contributed by atoms with Gasteiger partial charge in [0.05, 0.1) is 0 Å². The number of rotatable bonds is 5.